The maximum absolute atomic E-state index is 12.6. The minimum absolute atomic E-state index is 0.0719. The van der Waals surface area contributed by atoms with Gasteiger partial charge in [-0.25, -0.2) is 0 Å². The van der Waals surface area contributed by atoms with Crippen LogP contribution in [0.4, 0.5) is 0 Å². The van der Waals surface area contributed by atoms with Gasteiger partial charge < -0.3 is 10.3 Å². The number of pyridine rings is 1. The maximum atomic E-state index is 12.6. The summed E-state index contributed by atoms with van der Waals surface area (Å²) < 4.78 is 0. The van der Waals surface area contributed by atoms with Crippen LogP contribution in [0.1, 0.15) is 27.2 Å². The molecule has 4 rings (SSSR count). The number of aromatic amines is 1. The van der Waals surface area contributed by atoms with Crippen LogP contribution in [-0.2, 0) is 6.42 Å². The van der Waals surface area contributed by atoms with Gasteiger partial charge in [0.2, 0.25) is 0 Å². The molecule has 1 amide bonds. The van der Waals surface area contributed by atoms with E-state index in [-0.39, 0.29) is 5.91 Å². The molecule has 4 heteroatoms. The van der Waals surface area contributed by atoms with Gasteiger partial charge in [-0.2, -0.15) is 0 Å². The Bertz CT molecular complexity index is 1110. The normalized spacial score (nSPS) is 11.2. The van der Waals surface area contributed by atoms with Crippen LogP contribution in [0, 0.1) is 13.8 Å². The van der Waals surface area contributed by atoms with Gasteiger partial charge in [0.15, 0.2) is 0 Å². The summed E-state index contributed by atoms with van der Waals surface area (Å²) in [5.41, 5.74) is 5.92. The molecule has 0 saturated carbocycles. The van der Waals surface area contributed by atoms with Crippen molar-refractivity contribution < 1.29 is 4.79 Å². The number of carbonyl (C=O) groups is 1. The summed E-state index contributed by atoms with van der Waals surface area (Å²) in [5, 5.41) is 5.27. The average Bonchev–Trinajstić information content (AvgIpc) is 3.05. The lowest BCUT2D eigenvalue weighted by Crippen LogP contribution is -2.26. The number of aryl methyl sites for hydroxylation is 2. The van der Waals surface area contributed by atoms with E-state index in [0.717, 1.165) is 28.5 Å². The van der Waals surface area contributed by atoms with Crippen LogP contribution in [0.2, 0.25) is 0 Å². The quantitative estimate of drug-likeness (QED) is 0.580. The Morgan fingerprint density at radius 2 is 1.96 bits per heavy atom. The fraction of sp³-hybridized carbons (Fsp3) is 0.182. The largest absolute Gasteiger partial charge is 0.361 e. The number of hydrogen-bond acceptors (Lipinski definition) is 2. The second-order valence-corrected chi connectivity index (χ2v) is 6.63. The van der Waals surface area contributed by atoms with Crippen LogP contribution in [0.5, 0.6) is 0 Å². The second-order valence-electron chi connectivity index (χ2n) is 6.63. The van der Waals surface area contributed by atoms with Crippen molar-refractivity contribution >= 4 is 27.7 Å². The van der Waals surface area contributed by atoms with Gasteiger partial charge in [-0.15, -0.1) is 0 Å². The third kappa shape index (κ3) is 2.94. The van der Waals surface area contributed by atoms with Crippen molar-refractivity contribution in [2.45, 2.75) is 20.3 Å². The van der Waals surface area contributed by atoms with Crippen molar-refractivity contribution in [3.8, 4) is 0 Å². The maximum Gasteiger partial charge on any atom is 0.253 e. The summed E-state index contributed by atoms with van der Waals surface area (Å²) in [6, 6.07) is 16.0. The molecular formula is C22H21N3O. The second kappa shape index (κ2) is 6.64. The third-order valence-electron chi connectivity index (χ3n) is 4.83. The number of nitrogens with zero attached hydrogens (tertiary/aromatic N) is 1. The fourth-order valence-electron chi connectivity index (χ4n) is 3.50. The number of hydrogen-bond donors (Lipinski definition) is 2. The Balaban J connectivity index is 1.49. The highest BCUT2D eigenvalue weighted by Gasteiger charge is 2.12. The number of benzene rings is 2. The number of carbonyl (C=O) groups excluding carboxylic acids is 1. The first kappa shape index (κ1) is 16.3. The minimum Gasteiger partial charge on any atom is -0.361 e. The molecule has 2 aromatic carbocycles. The molecule has 0 fully saturated rings. The Morgan fingerprint density at radius 1 is 1.12 bits per heavy atom. The molecule has 0 unspecified atom stereocenters. The van der Waals surface area contributed by atoms with E-state index < -0.39 is 0 Å². The minimum atomic E-state index is -0.0719. The molecule has 0 aliphatic rings. The van der Waals surface area contributed by atoms with Gasteiger partial charge in [-0.05, 0) is 49.6 Å². The lowest BCUT2D eigenvalue weighted by Gasteiger charge is -2.09. The number of nitrogens with one attached hydrogen (secondary N) is 2. The topological polar surface area (TPSA) is 57.8 Å². The predicted octanol–water partition coefficient (Wildman–Crippen LogP) is 4.31. The molecule has 2 heterocycles. The van der Waals surface area contributed by atoms with Crippen LogP contribution in [0.15, 0.2) is 54.7 Å². The first-order valence-electron chi connectivity index (χ1n) is 8.83. The lowest BCUT2D eigenvalue weighted by molar-refractivity contribution is 0.0953. The molecule has 2 N–H and O–H groups in total. The van der Waals surface area contributed by atoms with E-state index in [1.54, 1.807) is 0 Å². The molecule has 0 aliphatic heterocycles. The third-order valence-corrected chi connectivity index (χ3v) is 4.83. The van der Waals surface area contributed by atoms with Gasteiger partial charge in [0.1, 0.15) is 0 Å². The van der Waals surface area contributed by atoms with Crippen molar-refractivity contribution in [2.75, 3.05) is 6.54 Å². The van der Waals surface area contributed by atoms with Crippen molar-refractivity contribution in [1.82, 2.24) is 15.3 Å². The first-order valence-corrected chi connectivity index (χ1v) is 8.83. The molecule has 0 spiro atoms. The van der Waals surface area contributed by atoms with E-state index in [1.807, 2.05) is 43.5 Å². The van der Waals surface area contributed by atoms with Gasteiger partial charge in [-0.3, -0.25) is 9.78 Å². The highest BCUT2D eigenvalue weighted by Crippen LogP contribution is 2.22. The molecule has 130 valence electrons. The summed E-state index contributed by atoms with van der Waals surface area (Å²) >= 11 is 0. The summed E-state index contributed by atoms with van der Waals surface area (Å²) in [5.74, 6) is -0.0719. The van der Waals surface area contributed by atoms with E-state index in [0.29, 0.717) is 12.1 Å². The molecular weight excluding hydrogens is 322 g/mol. The van der Waals surface area contributed by atoms with Crippen LogP contribution in [0.3, 0.4) is 0 Å². The standard InChI is InChI=1S/C22H21N3O/c1-14-6-5-9-20-21(14)17(13-24-20)10-11-23-22(26)18-12-16-7-3-4-8-19(16)25-15(18)2/h3-9,12-13,24H,10-11H2,1-2H3,(H,23,26). The molecule has 0 radical (unpaired) electrons. The molecule has 0 bridgehead atoms. The van der Waals surface area contributed by atoms with E-state index in [4.69, 9.17) is 0 Å². The van der Waals surface area contributed by atoms with E-state index in [2.05, 4.69) is 40.4 Å². The number of amides is 1. The number of para-hydroxylation sites is 1. The number of H-pyrrole nitrogens is 1. The number of fused-ring (bicyclic) bond motifs is 2. The SMILES string of the molecule is Cc1nc2ccccc2cc1C(=O)NCCc1c[nH]c2cccc(C)c12. The summed E-state index contributed by atoms with van der Waals surface area (Å²) in [7, 11) is 0. The molecule has 2 aromatic heterocycles. The van der Waals surface area contributed by atoms with Crippen LogP contribution in [-0.4, -0.2) is 22.4 Å². The summed E-state index contributed by atoms with van der Waals surface area (Å²) in [4.78, 5) is 20.5. The van der Waals surface area contributed by atoms with Crippen LogP contribution >= 0.6 is 0 Å². The van der Waals surface area contributed by atoms with Gasteiger partial charge in [0.05, 0.1) is 16.8 Å². The molecule has 0 atom stereocenters. The van der Waals surface area contributed by atoms with Gasteiger partial charge >= 0.3 is 0 Å². The Hall–Kier alpha value is -3.14. The first-order chi connectivity index (χ1) is 12.6. The van der Waals surface area contributed by atoms with Gasteiger partial charge in [-0.1, -0.05) is 30.3 Å². The number of rotatable bonds is 4. The summed E-state index contributed by atoms with van der Waals surface area (Å²) in [6.45, 7) is 4.58. The Kier molecular flexibility index (Phi) is 4.17. The fourth-order valence-corrected chi connectivity index (χ4v) is 3.50. The highest BCUT2D eigenvalue weighted by molar-refractivity contribution is 5.98. The molecule has 4 nitrogen and oxygen atoms in total. The van der Waals surface area contributed by atoms with Crippen LogP contribution < -0.4 is 5.32 Å². The zero-order chi connectivity index (χ0) is 18.1. The van der Waals surface area contributed by atoms with Crippen molar-refractivity contribution in [3.63, 3.8) is 0 Å². The number of aromatic nitrogens is 2. The molecule has 0 aliphatic carbocycles. The van der Waals surface area contributed by atoms with Crippen molar-refractivity contribution in [3.05, 3.63) is 77.1 Å². The zero-order valence-electron chi connectivity index (χ0n) is 15.0. The van der Waals surface area contributed by atoms with E-state index in [9.17, 15) is 4.79 Å². The monoisotopic (exact) mass is 343 g/mol. The smallest absolute Gasteiger partial charge is 0.253 e. The van der Waals surface area contributed by atoms with Crippen molar-refractivity contribution in [1.29, 1.82) is 0 Å². The Labute approximate surface area is 152 Å². The molecule has 4 aromatic rings. The lowest BCUT2D eigenvalue weighted by atomic mass is 10.1. The van der Waals surface area contributed by atoms with E-state index >= 15 is 0 Å². The van der Waals surface area contributed by atoms with E-state index in [1.165, 1.54) is 16.5 Å². The molecule has 26 heavy (non-hydrogen) atoms. The molecule has 0 saturated heterocycles. The zero-order valence-corrected chi connectivity index (χ0v) is 15.0. The van der Waals surface area contributed by atoms with Gasteiger partial charge in [0.25, 0.3) is 5.91 Å². The average molecular weight is 343 g/mol. The summed E-state index contributed by atoms with van der Waals surface area (Å²) in [6.07, 6.45) is 2.82. The van der Waals surface area contributed by atoms with Crippen LogP contribution in [0.25, 0.3) is 21.8 Å². The predicted molar refractivity (Wildman–Crippen MR) is 106 cm³/mol. The Morgan fingerprint density at radius 3 is 2.85 bits per heavy atom. The highest BCUT2D eigenvalue weighted by atomic mass is 16.1. The van der Waals surface area contributed by atoms with Gasteiger partial charge in [0, 0.05) is 29.0 Å². The van der Waals surface area contributed by atoms with Crippen molar-refractivity contribution in [2.24, 2.45) is 0 Å².